The number of esters is 1. The summed E-state index contributed by atoms with van der Waals surface area (Å²) in [5.74, 6) is -2.27. The van der Waals surface area contributed by atoms with Crippen molar-refractivity contribution in [3.05, 3.63) is 0 Å². The predicted octanol–water partition coefficient (Wildman–Crippen LogP) is -3.71. The molecule has 2 atom stereocenters. The number of carboxylic acids is 1. The molecule has 0 aromatic heterocycles. The van der Waals surface area contributed by atoms with Crippen molar-refractivity contribution in [1.82, 2.24) is 4.90 Å². The van der Waals surface area contributed by atoms with Gasteiger partial charge in [0.1, 0.15) is 11.6 Å². The molecule has 0 radical (unpaired) electrons. The second-order valence-corrected chi connectivity index (χ2v) is 4.85. The average Bonchev–Trinajstić information content (AvgIpc) is 2.89. The van der Waals surface area contributed by atoms with Gasteiger partial charge in [-0.3, -0.25) is 4.90 Å². The number of carbonyl (C=O) groups excluding carboxylic acids is 3. The quantitative estimate of drug-likeness (QED) is 0.296. The van der Waals surface area contributed by atoms with E-state index >= 15 is 0 Å². The molecule has 19 heavy (non-hydrogen) atoms. The molecule has 0 spiro atoms. The van der Waals surface area contributed by atoms with Crippen LogP contribution in [0.1, 0.15) is 27.7 Å². The maximum Gasteiger partial charge on any atom is 1.00 e. The first-order chi connectivity index (χ1) is 8.19. The van der Waals surface area contributed by atoms with Crippen LogP contribution in [0.5, 0.6) is 0 Å². The van der Waals surface area contributed by atoms with Crippen LogP contribution in [0.3, 0.4) is 0 Å². The number of hydrogen-bond acceptors (Lipinski definition) is 6. The first-order valence-electron chi connectivity index (χ1n) is 5.58. The summed E-state index contributed by atoms with van der Waals surface area (Å²) in [6, 6.07) is -2.45. The van der Waals surface area contributed by atoms with Gasteiger partial charge >= 0.3 is 30.9 Å². The second-order valence-electron chi connectivity index (χ2n) is 4.85. The Labute approximate surface area is 123 Å². The fourth-order valence-corrected chi connectivity index (χ4v) is 1.49. The van der Waals surface area contributed by atoms with Crippen LogP contribution in [-0.2, 0) is 19.1 Å². The van der Waals surface area contributed by atoms with Gasteiger partial charge in [0.05, 0.1) is 12.6 Å². The first-order valence-corrected chi connectivity index (χ1v) is 5.58. The van der Waals surface area contributed by atoms with Gasteiger partial charge < -0.3 is 19.4 Å². The molecule has 0 saturated carbocycles. The van der Waals surface area contributed by atoms with Gasteiger partial charge in [0, 0.05) is 0 Å². The Morgan fingerprint density at radius 2 is 1.74 bits per heavy atom. The normalized spacial score (nSPS) is 21.2. The van der Waals surface area contributed by atoms with Crippen LogP contribution in [0.15, 0.2) is 0 Å². The van der Waals surface area contributed by atoms with Gasteiger partial charge in [-0.05, 0) is 27.7 Å². The van der Waals surface area contributed by atoms with E-state index in [1.807, 2.05) is 0 Å². The number of hydrogen-bond donors (Lipinski definition) is 0. The second kappa shape index (κ2) is 6.31. The van der Waals surface area contributed by atoms with Crippen LogP contribution in [0, 0.1) is 0 Å². The zero-order valence-corrected chi connectivity index (χ0v) is 11.8. The largest absolute Gasteiger partial charge is 1.00 e. The minimum Gasteiger partial charge on any atom is -0.548 e. The van der Waals surface area contributed by atoms with E-state index in [0.717, 1.165) is 4.90 Å². The molecule has 1 aliphatic rings. The predicted molar refractivity (Wildman–Crippen MR) is 57.3 cm³/mol. The Bertz CT molecular complexity index is 378. The standard InChI is InChI=1S/C11H17NO6.Li/c1-5-17-9(15)7-6(8(13)14)12(7)10(16)18-11(2,3)4;/h6-7H,5H2,1-4H3,(H,13,14);/q;+1/p-1/t6-,7-,12?;/m0./s1. The number of nitrogens with zero attached hydrogens (tertiary/aromatic N) is 1. The summed E-state index contributed by atoms with van der Waals surface area (Å²) in [6.45, 7) is 6.62. The maximum atomic E-state index is 11.7. The fourth-order valence-electron chi connectivity index (χ4n) is 1.49. The number of aliphatic carboxylic acids is 1. The third-order valence-corrected chi connectivity index (χ3v) is 2.18. The molecule has 1 aliphatic heterocycles. The number of ether oxygens (including phenoxy) is 2. The Morgan fingerprint density at radius 1 is 1.21 bits per heavy atom. The molecule has 0 unspecified atom stereocenters. The smallest absolute Gasteiger partial charge is 0.548 e. The maximum absolute atomic E-state index is 11.7. The van der Waals surface area contributed by atoms with Crippen molar-refractivity contribution in [2.75, 3.05) is 6.61 Å². The van der Waals surface area contributed by atoms with Crippen molar-refractivity contribution in [2.24, 2.45) is 0 Å². The van der Waals surface area contributed by atoms with Crippen LogP contribution < -0.4 is 24.0 Å². The van der Waals surface area contributed by atoms with Crippen LogP contribution >= 0.6 is 0 Å². The number of carbonyl (C=O) groups is 3. The van der Waals surface area contributed by atoms with Crippen molar-refractivity contribution in [2.45, 2.75) is 45.4 Å². The van der Waals surface area contributed by atoms with Gasteiger partial charge in [-0.25, -0.2) is 9.59 Å². The van der Waals surface area contributed by atoms with Crippen molar-refractivity contribution in [3.8, 4) is 0 Å². The Hall–Kier alpha value is -1.19. The van der Waals surface area contributed by atoms with Gasteiger partial charge in [0.15, 0.2) is 6.04 Å². The van der Waals surface area contributed by atoms with E-state index in [-0.39, 0.29) is 25.5 Å². The first kappa shape index (κ1) is 17.8. The van der Waals surface area contributed by atoms with Gasteiger partial charge in [0.2, 0.25) is 0 Å². The van der Waals surface area contributed by atoms with Crippen LogP contribution in [-0.4, -0.2) is 47.2 Å². The summed E-state index contributed by atoms with van der Waals surface area (Å²) in [7, 11) is 0. The van der Waals surface area contributed by atoms with E-state index in [1.165, 1.54) is 0 Å². The molecule has 0 aliphatic carbocycles. The zero-order valence-electron chi connectivity index (χ0n) is 11.8. The molecular weight excluding hydrogens is 249 g/mol. The Balaban J connectivity index is 0.00000324. The van der Waals surface area contributed by atoms with E-state index in [2.05, 4.69) is 4.74 Å². The van der Waals surface area contributed by atoms with Crippen molar-refractivity contribution >= 4 is 18.0 Å². The molecule has 0 bridgehead atoms. The monoisotopic (exact) mass is 265 g/mol. The Morgan fingerprint density at radius 3 is 2.11 bits per heavy atom. The molecule has 1 heterocycles. The third-order valence-electron chi connectivity index (χ3n) is 2.18. The van der Waals surface area contributed by atoms with Gasteiger partial charge in [-0.2, -0.15) is 0 Å². The number of carboxylic acid groups (broad SMARTS) is 1. The van der Waals surface area contributed by atoms with Gasteiger partial charge in [-0.1, -0.05) is 0 Å². The summed E-state index contributed by atoms with van der Waals surface area (Å²) < 4.78 is 9.67. The van der Waals surface area contributed by atoms with E-state index in [4.69, 9.17) is 4.74 Å². The van der Waals surface area contributed by atoms with Crippen LogP contribution in [0.4, 0.5) is 4.79 Å². The van der Waals surface area contributed by atoms with E-state index < -0.39 is 35.7 Å². The van der Waals surface area contributed by atoms with Crippen LogP contribution in [0.25, 0.3) is 0 Å². The summed E-state index contributed by atoms with van der Waals surface area (Å²) >= 11 is 0. The minimum absolute atomic E-state index is 0. The fraction of sp³-hybridized carbons (Fsp3) is 0.727. The molecule has 0 aromatic carbocycles. The zero-order chi connectivity index (χ0) is 14.1. The number of rotatable bonds is 3. The topological polar surface area (TPSA) is 95.7 Å². The molecule has 0 aromatic rings. The molecular formula is C11H16LiNO6. The van der Waals surface area contributed by atoms with Crippen molar-refractivity contribution in [1.29, 1.82) is 0 Å². The minimum atomic E-state index is -1.50. The van der Waals surface area contributed by atoms with Crippen molar-refractivity contribution < 1.29 is 47.8 Å². The van der Waals surface area contributed by atoms with Gasteiger partial charge in [-0.15, -0.1) is 0 Å². The molecule has 8 heteroatoms. The van der Waals surface area contributed by atoms with E-state index in [9.17, 15) is 19.5 Å². The molecule has 1 saturated heterocycles. The summed E-state index contributed by atoms with van der Waals surface area (Å²) in [4.78, 5) is 34.7. The molecule has 102 valence electrons. The molecule has 1 rings (SSSR count). The number of amides is 1. The molecule has 1 fully saturated rings. The molecule has 7 nitrogen and oxygen atoms in total. The SMILES string of the molecule is CCOC(=O)[C@@H]1[C@@H](C(=O)[O-])N1C(=O)OC(C)(C)C.[Li+]. The van der Waals surface area contributed by atoms with Crippen molar-refractivity contribution in [3.63, 3.8) is 0 Å². The average molecular weight is 265 g/mol. The molecule has 0 N–H and O–H groups in total. The van der Waals surface area contributed by atoms with Crippen LogP contribution in [0.2, 0.25) is 0 Å². The Kier molecular flexibility index (Phi) is 5.91. The summed E-state index contributed by atoms with van der Waals surface area (Å²) in [5, 5.41) is 10.8. The summed E-state index contributed by atoms with van der Waals surface area (Å²) in [6.07, 6.45) is -0.866. The summed E-state index contributed by atoms with van der Waals surface area (Å²) in [5.41, 5.74) is -0.768. The van der Waals surface area contributed by atoms with E-state index in [1.54, 1.807) is 27.7 Å². The third kappa shape index (κ3) is 4.44. The van der Waals surface area contributed by atoms with E-state index in [0.29, 0.717) is 0 Å². The van der Waals surface area contributed by atoms with Gasteiger partial charge in [0.25, 0.3) is 0 Å². The molecule has 1 amide bonds.